The van der Waals surface area contributed by atoms with E-state index < -0.39 is 0 Å². The van der Waals surface area contributed by atoms with E-state index in [4.69, 9.17) is 0 Å². The molecule has 0 aliphatic carbocycles. The molecule has 0 bridgehead atoms. The number of amides is 1. The number of nitrogens with zero attached hydrogens (tertiary/aromatic N) is 1. The summed E-state index contributed by atoms with van der Waals surface area (Å²) in [6, 6.07) is 13.3. The fraction of sp³-hybridized carbons (Fsp3) is 0.360. The fourth-order valence-corrected chi connectivity index (χ4v) is 4.38. The van der Waals surface area contributed by atoms with Crippen molar-refractivity contribution in [3.8, 4) is 0 Å². The van der Waals surface area contributed by atoms with Gasteiger partial charge < -0.3 is 15.2 Å². The summed E-state index contributed by atoms with van der Waals surface area (Å²) in [6.07, 6.45) is 6.43. The average molecular weight is 404 g/mol. The van der Waals surface area contributed by atoms with Gasteiger partial charge in [-0.1, -0.05) is 19.1 Å². The van der Waals surface area contributed by atoms with Crippen LogP contribution in [0.25, 0.3) is 10.9 Å². The van der Waals surface area contributed by atoms with Crippen molar-refractivity contribution in [3.05, 3.63) is 65.4 Å². The second kappa shape index (κ2) is 8.84. The van der Waals surface area contributed by atoms with Gasteiger partial charge in [0.15, 0.2) is 0 Å². The van der Waals surface area contributed by atoms with Crippen LogP contribution in [0.3, 0.4) is 0 Å². The number of anilines is 1. The largest absolute Gasteiger partial charge is 0.361 e. The third-order valence-corrected chi connectivity index (χ3v) is 6.46. The first-order chi connectivity index (χ1) is 14.6. The molecular formula is C25H29N3O2. The van der Waals surface area contributed by atoms with E-state index in [1.807, 2.05) is 12.1 Å². The highest BCUT2D eigenvalue weighted by molar-refractivity contribution is 6.05. The Bertz CT molecular complexity index is 1030. The maximum atomic E-state index is 12.6. The number of benzene rings is 2. The van der Waals surface area contributed by atoms with E-state index in [0.717, 1.165) is 43.4 Å². The van der Waals surface area contributed by atoms with Gasteiger partial charge in [-0.05, 0) is 81.1 Å². The van der Waals surface area contributed by atoms with Crippen molar-refractivity contribution < 1.29 is 9.59 Å². The molecule has 3 aromatic rings. The van der Waals surface area contributed by atoms with Crippen molar-refractivity contribution in [2.75, 3.05) is 18.4 Å². The van der Waals surface area contributed by atoms with Gasteiger partial charge in [-0.15, -0.1) is 0 Å². The molecule has 30 heavy (non-hydrogen) atoms. The number of hydrogen-bond donors (Lipinski definition) is 2. The van der Waals surface area contributed by atoms with Crippen molar-refractivity contribution in [1.82, 2.24) is 9.88 Å². The number of carbonyl (C=O) groups excluding carboxylic acids is 2. The molecule has 1 aromatic heterocycles. The molecule has 1 atom stereocenters. The Morgan fingerprint density at radius 1 is 1.20 bits per heavy atom. The van der Waals surface area contributed by atoms with E-state index >= 15 is 0 Å². The van der Waals surface area contributed by atoms with Crippen LogP contribution in [-0.4, -0.2) is 41.2 Å². The summed E-state index contributed by atoms with van der Waals surface area (Å²) < 4.78 is 0. The van der Waals surface area contributed by atoms with Crippen LogP contribution in [0.4, 0.5) is 5.69 Å². The minimum absolute atomic E-state index is 0.175. The number of likely N-dealkylation sites (tertiary alicyclic amines) is 1. The van der Waals surface area contributed by atoms with Gasteiger partial charge in [-0.25, -0.2) is 0 Å². The number of carbonyl (C=O) groups is 2. The van der Waals surface area contributed by atoms with Crippen LogP contribution in [-0.2, 0) is 0 Å². The number of fused-ring (bicyclic) bond motifs is 1. The highest BCUT2D eigenvalue weighted by Crippen LogP contribution is 2.35. The quantitative estimate of drug-likeness (QED) is 0.555. The Morgan fingerprint density at radius 3 is 2.60 bits per heavy atom. The fourth-order valence-electron chi connectivity index (χ4n) is 4.38. The highest BCUT2D eigenvalue weighted by atomic mass is 16.1. The zero-order valence-corrected chi connectivity index (χ0v) is 17.7. The van der Waals surface area contributed by atoms with Crippen LogP contribution in [0.2, 0.25) is 0 Å². The Hall–Kier alpha value is -2.92. The van der Waals surface area contributed by atoms with Gasteiger partial charge in [0.2, 0.25) is 0 Å². The summed E-state index contributed by atoms with van der Waals surface area (Å²) in [4.78, 5) is 29.4. The third kappa shape index (κ3) is 4.17. The minimum Gasteiger partial charge on any atom is -0.361 e. The summed E-state index contributed by atoms with van der Waals surface area (Å²) in [6.45, 7) is 6.84. The van der Waals surface area contributed by atoms with Crippen LogP contribution >= 0.6 is 0 Å². The molecule has 156 valence electrons. The summed E-state index contributed by atoms with van der Waals surface area (Å²) in [5, 5.41) is 4.17. The van der Waals surface area contributed by atoms with E-state index in [1.54, 1.807) is 24.3 Å². The number of aldehydes is 1. The average Bonchev–Trinajstić information content (AvgIpc) is 3.22. The molecule has 4 rings (SSSR count). The third-order valence-electron chi connectivity index (χ3n) is 6.46. The monoisotopic (exact) mass is 403 g/mol. The van der Waals surface area contributed by atoms with Gasteiger partial charge in [-0.2, -0.15) is 0 Å². The molecule has 0 saturated carbocycles. The van der Waals surface area contributed by atoms with E-state index in [0.29, 0.717) is 23.1 Å². The number of hydrogen-bond acceptors (Lipinski definition) is 3. The molecular weight excluding hydrogens is 374 g/mol. The zero-order valence-electron chi connectivity index (χ0n) is 17.7. The lowest BCUT2D eigenvalue weighted by Crippen LogP contribution is -2.39. The lowest BCUT2D eigenvalue weighted by atomic mass is 9.88. The van der Waals surface area contributed by atoms with Crippen LogP contribution in [0, 0.1) is 0 Å². The molecule has 2 N–H and O–H groups in total. The first-order valence-corrected chi connectivity index (χ1v) is 10.8. The van der Waals surface area contributed by atoms with Crippen molar-refractivity contribution in [1.29, 1.82) is 0 Å². The molecule has 1 fully saturated rings. The smallest absolute Gasteiger partial charge is 0.255 e. The van der Waals surface area contributed by atoms with Gasteiger partial charge in [-0.3, -0.25) is 9.59 Å². The molecule has 1 aliphatic rings. The lowest BCUT2D eigenvalue weighted by molar-refractivity contribution is 0.102. The van der Waals surface area contributed by atoms with Gasteiger partial charge in [0, 0.05) is 40.0 Å². The van der Waals surface area contributed by atoms with E-state index in [2.05, 4.69) is 41.3 Å². The number of aromatic amines is 1. The normalized spacial score (nSPS) is 16.5. The van der Waals surface area contributed by atoms with Crippen LogP contribution in [0.5, 0.6) is 0 Å². The van der Waals surface area contributed by atoms with Crippen molar-refractivity contribution in [3.63, 3.8) is 0 Å². The van der Waals surface area contributed by atoms with Crippen LogP contribution in [0.1, 0.15) is 65.3 Å². The summed E-state index contributed by atoms with van der Waals surface area (Å²) in [5.74, 6) is 0.367. The molecule has 2 aromatic carbocycles. The Labute approximate surface area is 177 Å². The maximum absolute atomic E-state index is 12.6. The number of aromatic nitrogens is 1. The molecule has 5 heteroatoms. The topological polar surface area (TPSA) is 65.2 Å². The van der Waals surface area contributed by atoms with Gasteiger partial charge >= 0.3 is 0 Å². The van der Waals surface area contributed by atoms with Gasteiger partial charge in [0.05, 0.1) is 0 Å². The first-order valence-electron chi connectivity index (χ1n) is 10.8. The second-order valence-corrected chi connectivity index (χ2v) is 8.27. The predicted molar refractivity (Wildman–Crippen MR) is 121 cm³/mol. The van der Waals surface area contributed by atoms with Crippen molar-refractivity contribution >= 4 is 28.8 Å². The molecule has 5 nitrogen and oxygen atoms in total. The summed E-state index contributed by atoms with van der Waals surface area (Å²) in [7, 11) is 0. The first kappa shape index (κ1) is 20.4. The number of rotatable bonds is 6. The van der Waals surface area contributed by atoms with Crippen molar-refractivity contribution in [2.24, 2.45) is 0 Å². The van der Waals surface area contributed by atoms with Crippen LogP contribution in [0.15, 0.2) is 48.7 Å². The number of nitrogens with one attached hydrogen (secondary N) is 2. The van der Waals surface area contributed by atoms with Crippen molar-refractivity contribution in [2.45, 2.75) is 45.1 Å². The molecule has 2 heterocycles. The molecule has 1 aliphatic heterocycles. The maximum Gasteiger partial charge on any atom is 0.255 e. The minimum atomic E-state index is -0.175. The van der Waals surface area contributed by atoms with Gasteiger partial charge in [0.1, 0.15) is 6.29 Å². The molecule has 1 saturated heterocycles. The molecule has 0 spiro atoms. The Balaban J connectivity index is 1.50. The standard InChI is InChI=1S/C25H29N3O2/c1-3-17(2)28-12-10-19(11-13-28)23-15-26-24-9-8-21(14-22(23)24)27-25(30)20-6-4-18(16-29)5-7-20/h4-9,14-17,19,26H,3,10-13H2,1-2H3,(H,27,30). The molecule has 1 unspecified atom stereocenters. The summed E-state index contributed by atoms with van der Waals surface area (Å²) >= 11 is 0. The molecule has 0 radical (unpaired) electrons. The van der Waals surface area contributed by atoms with E-state index in [1.165, 1.54) is 17.4 Å². The lowest BCUT2D eigenvalue weighted by Gasteiger charge is -2.35. The number of H-pyrrole nitrogens is 1. The van der Waals surface area contributed by atoms with Gasteiger partial charge in [0.25, 0.3) is 5.91 Å². The highest BCUT2D eigenvalue weighted by Gasteiger charge is 2.24. The van der Waals surface area contributed by atoms with Crippen LogP contribution < -0.4 is 5.32 Å². The Kier molecular flexibility index (Phi) is 6.00. The van der Waals surface area contributed by atoms with E-state index in [-0.39, 0.29) is 5.91 Å². The second-order valence-electron chi connectivity index (χ2n) is 8.27. The molecule has 1 amide bonds. The van der Waals surface area contributed by atoms with E-state index in [9.17, 15) is 9.59 Å². The predicted octanol–water partition coefficient (Wildman–Crippen LogP) is 5.21. The Morgan fingerprint density at radius 2 is 1.93 bits per heavy atom. The zero-order chi connectivity index (χ0) is 21.1. The summed E-state index contributed by atoms with van der Waals surface area (Å²) in [5.41, 5.74) is 4.32. The SMILES string of the molecule is CCC(C)N1CCC(c2c[nH]c3ccc(NC(=O)c4ccc(C=O)cc4)cc23)CC1. The number of piperidine rings is 1.